The Kier molecular flexibility index (Phi) is 6.99. The van der Waals surface area contributed by atoms with E-state index in [1.165, 1.54) is 6.26 Å². The van der Waals surface area contributed by atoms with Gasteiger partial charge in [0, 0.05) is 51.5 Å². The van der Waals surface area contributed by atoms with Crippen LogP contribution in [0.4, 0.5) is 0 Å². The molecule has 0 amide bonds. The highest BCUT2D eigenvalue weighted by molar-refractivity contribution is 7.88. The molecule has 0 saturated carbocycles. The Morgan fingerprint density at radius 2 is 2.04 bits per heavy atom. The molecule has 0 aliphatic carbocycles. The molecule has 1 unspecified atom stereocenters. The van der Waals surface area contributed by atoms with Crippen LogP contribution in [-0.2, 0) is 21.3 Å². The molecular formula is C18H30N4O3S. The molecule has 2 saturated heterocycles. The summed E-state index contributed by atoms with van der Waals surface area (Å²) in [6.45, 7) is 7.11. The van der Waals surface area contributed by atoms with Gasteiger partial charge in [-0.15, -0.1) is 0 Å². The Morgan fingerprint density at radius 1 is 1.23 bits per heavy atom. The molecule has 0 radical (unpaired) electrons. The number of hydrogen-bond donors (Lipinski definition) is 0. The monoisotopic (exact) mass is 382 g/mol. The molecule has 1 aromatic heterocycles. The van der Waals surface area contributed by atoms with Crippen molar-refractivity contribution in [3.05, 3.63) is 30.1 Å². The molecule has 1 atom stereocenters. The predicted molar refractivity (Wildman–Crippen MR) is 101 cm³/mol. The average Bonchev–Trinajstić information content (AvgIpc) is 2.63. The van der Waals surface area contributed by atoms with E-state index in [2.05, 4.69) is 14.8 Å². The number of sulfonamides is 1. The molecule has 0 aromatic carbocycles. The van der Waals surface area contributed by atoms with Gasteiger partial charge < -0.3 is 4.74 Å². The van der Waals surface area contributed by atoms with Gasteiger partial charge in [0.25, 0.3) is 0 Å². The lowest BCUT2D eigenvalue weighted by Crippen LogP contribution is -2.52. The maximum Gasteiger partial charge on any atom is 0.211 e. The van der Waals surface area contributed by atoms with Crippen molar-refractivity contribution < 1.29 is 13.2 Å². The minimum atomic E-state index is -3.23. The Labute approximate surface area is 157 Å². The SMILES string of the molecule is CS(=O)(=O)N(CCN1CCOCC1)C1CCCN(Cc2ccccn2)C1. The van der Waals surface area contributed by atoms with E-state index in [0.717, 1.165) is 71.0 Å². The van der Waals surface area contributed by atoms with Crippen molar-refractivity contribution in [2.45, 2.75) is 25.4 Å². The fourth-order valence-electron chi connectivity index (χ4n) is 3.81. The average molecular weight is 383 g/mol. The Balaban J connectivity index is 1.60. The normalized spacial score (nSPS) is 23.4. The van der Waals surface area contributed by atoms with Gasteiger partial charge in [0.15, 0.2) is 0 Å². The first-order valence-electron chi connectivity index (χ1n) is 9.41. The number of aromatic nitrogens is 1. The van der Waals surface area contributed by atoms with Crippen LogP contribution in [0.3, 0.4) is 0 Å². The molecule has 0 N–H and O–H groups in total. The van der Waals surface area contributed by atoms with Gasteiger partial charge in [0.05, 0.1) is 25.2 Å². The number of ether oxygens (including phenoxy) is 1. The van der Waals surface area contributed by atoms with Crippen molar-refractivity contribution >= 4 is 10.0 Å². The molecule has 0 spiro atoms. The van der Waals surface area contributed by atoms with Crippen molar-refractivity contribution in [3.63, 3.8) is 0 Å². The third kappa shape index (κ3) is 5.72. The van der Waals surface area contributed by atoms with Gasteiger partial charge in [-0.25, -0.2) is 8.42 Å². The van der Waals surface area contributed by atoms with E-state index in [-0.39, 0.29) is 6.04 Å². The first-order chi connectivity index (χ1) is 12.5. The highest BCUT2D eigenvalue weighted by Gasteiger charge is 2.31. The number of likely N-dealkylation sites (tertiary alicyclic amines) is 1. The van der Waals surface area contributed by atoms with Gasteiger partial charge >= 0.3 is 0 Å². The van der Waals surface area contributed by atoms with E-state index >= 15 is 0 Å². The largest absolute Gasteiger partial charge is 0.379 e. The zero-order valence-electron chi connectivity index (χ0n) is 15.6. The van der Waals surface area contributed by atoms with Crippen molar-refractivity contribution in [3.8, 4) is 0 Å². The quantitative estimate of drug-likeness (QED) is 0.690. The lowest BCUT2D eigenvalue weighted by Gasteiger charge is -2.39. The van der Waals surface area contributed by atoms with E-state index in [9.17, 15) is 8.42 Å². The van der Waals surface area contributed by atoms with Crippen molar-refractivity contribution in [1.82, 2.24) is 19.1 Å². The summed E-state index contributed by atoms with van der Waals surface area (Å²) in [7, 11) is -3.23. The first-order valence-corrected chi connectivity index (χ1v) is 11.3. The van der Waals surface area contributed by atoms with Crippen LogP contribution in [0, 0.1) is 0 Å². The van der Waals surface area contributed by atoms with E-state index in [1.807, 2.05) is 24.4 Å². The zero-order valence-corrected chi connectivity index (χ0v) is 16.4. The Morgan fingerprint density at radius 3 is 2.73 bits per heavy atom. The number of hydrogen-bond acceptors (Lipinski definition) is 6. The highest BCUT2D eigenvalue weighted by atomic mass is 32.2. The number of pyridine rings is 1. The first kappa shape index (κ1) is 19.7. The summed E-state index contributed by atoms with van der Waals surface area (Å²) in [6, 6.07) is 5.98. The summed E-state index contributed by atoms with van der Waals surface area (Å²) in [5.74, 6) is 0. The lowest BCUT2D eigenvalue weighted by molar-refractivity contribution is 0.0337. The number of nitrogens with zero attached hydrogens (tertiary/aromatic N) is 4. The lowest BCUT2D eigenvalue weighted by atomic mass is 10.1. The third-order valence-electron chi connectivity index (χ3n) is 5.17. The predicted octanol–water partition coefficient (Wildman–Crippen LogP) is 0.640. The van der Waals surface area contributed by atoms with E-state index in [1.54, 1.807) is 4.31 Å². The van der Waals surface area contributed by atoms with Gasteiger partial charge in [0.2, 0.25) is 10.0 Å². The van der Waals surface area contributed by atoms with Crippen LogP contribution >= 0.6 is 0 Å². The molecule has 146 valence electrons. The number of piperidine rings is 1. The van der Waals surface area contributed by atoms with Gasteiger partial charge in [0.1, 0.15) is 0 Å². The summed E-state index contributed by atoms with van der Waals surface area (Å²) < 4.78 is 31.9. The van der Waals surface area contributed by atoms with E-state index < -0.39 is 10.0 Å². The van der Waals surface area contributed by atoms with Crippen molar-refractivity contribution in [2.75, 3.05) is 58.7 Å². The smallest absolute Gasteiger partial charge is 0.211 e. The second-order valence-electron chi connectivity index (χ2n) is 7.18. The molecule has 8 heteroatoms. The fraction of sp³-hybridized carbons (Fsp3) is 0.722. The van der Waals surface area contributed by atoms with Crippen LogP contribution in [-0.4, -0.2) is 92.3 Å². The van der Waals surface area contributed by atoms with E-state index in [4.69, 9.17) is 4.74 Å². The Hall–Kier alpha value is -1.06. The van der Waals surface area contributed by atoms with Gasteiger partial charge in [-0.3, -0.25) is 14.8 Å². The molecule has 7 nitrogen and oxygen atoms in total. The molecule has 2 aliphatic heterocycles. The molecule has 2 fully saturated rings. The minimum Gasteiger partial charge on any atom is -0.379 e. The molecule has 3 heterocycles. The van der Waals surface area contributed by atoms with Crippen LogP contribution in [0.25, 0.3) is 0 Å². The second kappa shape index (κ2) is 9.23. The molecule has 26 heavy (non-hydrogen) atoms. The zero-order chi connectivity index (χ0) is 18.4. The number of rotatable bonds is 7. The topological polar surface area (TPSA) is 66.0 Å². The molecule has 2 aliphatic rings. The summed E-state index contributed by atoms with van der Waals surface area (Å²) in [4.78, 5) is 9.01. The van der Waals surface area contributed by atoms with Gasteiger partial charge in [-0.05, 0) is 31.5 Å². The second-order valence-corrected chi connectivity index (χ2v) is 9.12. The standard InChI is InChI=1S/C18H30N4O3S/c1-26(23,24)22(10-9-20-11-13-25-14-12-20)18-6-4-8-21(16-18)15-17-5-2-3-7-19-17/h2-3,5,7,18H,4,6,8-16H2,1H3. The highest BCUT2D eigenvalue weighted by Crippen LogP contribution is 2.20. The maximum atomic E-state index is 12.4. The fourth-order valence-corrected chi connectivity index (χ4v) is 4.94. The van der Waals surface area contributed by atoms with Crippen LogP contribution in [0.15, 0.2) is 24.4 Å². The molecule has 1 aromatic rings. The minimum absolute atomic E-state index is 0.0449. The Bertz CT molecular complexity index is 650. The van der Waals surface area contributed by atoms with Crippen LogP contribution in [0.1, 0.15) is 18.5 Å². The van der Waals surface area contributed by atoms with Gasteiger partial charge in [-0.1, -0.05) is 6.07 Å². The summed E-state index contributed by atoms with van der Waals surface area (Å²) in [5, 5.41) is 0. The number of morpholine rings is 1. The van der Waals surface area contributed by atoms with Crippen LogP contribution in [0.2, 0.25) is 0 Å². The molecule has 3 rings (SSSR count). The molecule has 0 bridgehead atoms. The summed E-state index contributed by atoms with van der Waals surface area (Å²) in [5.41, 5.74) is 1.03. The summed E-state index contributed by atoms with van der Waals surface area (Å²) in [6.07, 6.45) is 5.09. The molecular weight excluding hydrogens is 352 g/mol. The third-order valence-corrected chi connectivity index (χ3v) is 6.50. The van der Waals surface area contributed by atoms with Gasteiger partial charge in [-0.2, -0.15) is 4.31 Å². The van der Waals surface area contributed by atoms with Crippen molar-refractivity contribution in [1.29, 1.82) is 0 Å². The maximum absolute atomic E-state index is 12.4. The summed E-state index contributed by atoms with van der Waals surface area (Å²) >= 11 is 0. The van der Waals surface area contributed by atoms with E-state index in [0.29, 0.717) is 6.54 Å². The van der Waals surface area contributed by atoms with Crippen LogP contribution < -0.4 is 0 Å². The van der Waals surface area contributed by atoms with Crippen molar-refractivity contribution in [2.24, 2.45) is 0 Å². The van der Waals surface area contributed by atoms with Crippen LogP contribution in [0.5, 0.6) is 0 Å².